The first-order chi connectivity index (χ1) is 13.6. The number of ether oxygens (including phenoxy) is 3. The Morgan fingerprint density at radius 2 is 2.04 bits per heavy atom. The second kappa shape index (κ2) is 8.09. The lowest BCUT2D eigenvalue weighted by Crippen LogP contribution is -2.44. The van der Waals surface area contributed by atoms with Crippen molar-refractivity contribution in [2.24, 2.45) is 0 Å². The third kappa shape index (κ3) is 3.61. The largest absolute Gasteiger partial charge is 0.494 e. The fourth-order valence-electron chi connectivity index (χ4n) is 4.49. The maximum atomic E-state index is 12.8. The van der Waals surface area contributed by atoms with Crippen LogP contribution in [0.5, 0.6) is 5.75 Å². The van der Waals surface area contributed by atoms with Crippen LogP contribution in [0.2, 0.25) is 0 Å². The molecule has 1 aliphatic carbocycles. The average Bonchev–Trinajstić information content (AvgIpc) is 2.99. The Morgan fingerprint density at radius 1 is 1.29 bits per heavy atom. The number of hydrogen-bond donors (Lipinski definition) is 1. The molecule has 2 heterocycles. The summed E-state index contributed by atoms with van der Waals surface area (Å²) in [7, 11) is 0. The third-order valence-electron chi connectivity index (χ3n) is 6.09. The molecule has 28 heavy (non-hydrogen) atoms. The number of nitrogens with one attached hydrogen (secondary N) is 1. The molecule has 0 atom stereocenters. The van der Waals surface area contributed by atoms with Gasteiger partial charge in [-0.1, -0.05) is 0 Å². The smallest absolute Gasteiger partial charge is 0.248 e. The second-order valence-electron chi connectivity index (χ2n) is 7.68. The van der Waals surface area contributed by atoms with Gasteiger partial charge < -0.3 is 24.4 Å². The van der Waals surface area contributed by atoms with E-state index in [0.717, 1.165) is 42.7 Å². The Hall–Kier alpha value is -2.12. The number of hydrogen-bond acceptors (Lipinski definition) is 5. The van der Waals surface area contributed by atoms with Gasteiger partial charge in [0.05, 0.1) is 31.3 Å². The van der Waals surface area contributed by atoms with E-state index in [1.807, 2.05) is 25.1 Å². The van der Waals surface area contributed by atoms with Gasteiger partial charge in [0.1, 0.15) is 12.4 Å². The first-order valence-electron chi connectivity index (χ1n) is 10.2. The van der Waals surface area contributed by atoms with Crippen molar-refractivity contribution in [2.75, 3.05) is 44.8 Å². The Bertz CT molecular complexity index is 736. The van der Waals surface area contributed by atoms with E-state index in [-0.39, 0.29) is 24.5 Å². The number of benzene rings is 1. The highest BCUT2D eigenvalue weighted by atomic mass is 16.5. The lowest BCUT2D eigenvalue weighted by Gasteiger charge is -2.36. The second-order valence-corrected chi connectivity index (χ2v) is 7.68. The maximum absolute atomic E-state index is 12.8. The van der Waals surface area contributed by atoms with Crippen molar-refractivity contribution < 1.29 is 23.8 Å². The van der Waals surface area contributed by atoms with E-state index in [4.69, 9.17) is 14.2 Å². The number of amides is 2. The lowest BCUT2D eigenvalue weighted by molar-refractivity contribution is -0.143. The van der Waals surface area contributed by atoms with Crippen LogP contribution < -0.4 is 10.1 Å². The van der Waals surface area contributed by atoms with Crippen molar-refractivity contribution in [3.63, 3.8) is 0 Å². The molecule has 152 valence electrons. The highest BCUT2D eigenvalue weighted by Gasteiger charge is 2.49. The highest BCUT2D eigenvalue weighted by Crippen LogP contribution is 2.48. The van der Waals surface area contributed by atoms with Gasteiger partial charge in [0.15, 0.2) is 0 Å². The highest BCUT2D eigenvalue weighted by molar-refractivity contribution is 6.06. The van der Waals surface area contributed by atoms with E-state index in [0.29, 0.717) is 32.9 Å². The topological polar surface area (TPSA) is 77.1 Å². The molecule has 0 aromatic heterocycles. The zero-order chi connectivity index (χ0) is 19.6. The minimum atomic E-state index is -0.503. The van der Waals surface area contributed by atoms with Gasteiger partial charge in [-0.05, 0) is 56.4 Å². The normalized spacial score (nSPS) is 26.8. The molecule has 1 saturated carbocycles. The van der Waals surface area contributed by atoms with Crippen LogP contribution in [0.4, 0.5) is 5.69 Å². The van der Waals surface area contributed by atoms with Crippen LogP contribution in [0.25, 0.3) is 0 Å². The van der Waals surface area contributed by atoms with Crippen molar-refractivity contribution in [2.45, 2.75) is 44.1 Å². The van der Waals surface area contributed by atoms with Crippen molar-refractivity contribution in [3.8, 4) is 5.75 Å². The summed E-state index contributed by atoms with van der Waals surface area (Å²) in [6.45, 7) is 5.11. The standard InChI is InChI=1S/C21H28N2O5/c1-2-27-16-3-4-18-17(13-16)21(20(25)22-18)7-5-15(6-8-21)28-14-19(24)23-9-11-26-12-10-23/h3-4,13,15H,2,5-12,14H2,1H3,(H,22,25). The molecule has 2 fully saturated rings. The summed E-state index contributed by atoms with van der Waals surface area (Å²) in [5.74, 6) is 0.888. The molecule has 1 aromatic carbocycles. The zero-order valence-corrected chi connectivity index (χ0v) is 16.4. The molecular weight excluding hydrogens is 360 g/mol. The molecule has 0 bridgehead atoms. The number of anilines is 1. The quantitative estimate of drug-likeness (QED) is 0.836. The van der Waals surface area contributed by atoms with Crippen LogP contribution in [0.3, 0.4) is 0 Å². The van der Waals surface area contributed by atoms with E-state index < -0.39 is 5.41 Å². The van der Waals surface area contributed by atoms with Crippen LogP contribution in [0, 0.1) is 0 Å². The van der Waals surface area contributed by atoms with Gasteiger partial charge in [0.25, 0.3) is 0 Å². The average molecular weight is 388 g/mol. The zero-order valence-electron chi connectivity index (χ0n) is 16.4. The third-order valence-corrected chi connectivity index (χ3v) is 6.09. The molecule has 0 unspecified atom stereocenters. The monoisotopic (exact) mass is 388 g/mol. The van der Waals surface area contributed by atoms with Crippen molar-refractivity contribution in [3.05, 3.63) is 23.8 Å². The predicted octanol–water partition coefficient (Wildman–Crippen LogP) is 2.09. The molecule has 3 aliphatic rings. The first-order valence-corrected chi connectivity index (χ1v) is 10.2. The minimum absolute atomic E-state index is 0.0162. The summed E-state index contributed by atoms with van der Waals surface area (Å²) in [6, 6.07) is 5.82. The number of morpholine rings is 1. The number of nitrogens with zero attached hydrogens (tertiary/aromatic N) is 1. The van der Waals surface area contributed by atoms with E-state index in [1.54, 1.807) is 4.90 Å². The Balaban J connectivity index is 1.36. The van der Waals surface area contributed by atoms with Gasteiger partial charge in [-0.15, -0.1) is 0 Å². The molecule has 1 N–H and O–H groups in total. The Morgan fingerprint density at radius 3 is 2.75 bits per heavy atom. The van der Waals surface area contributed by atoms with Crippen LogP contribution in [0.1, 0.15) is 38.2 Å². The van der Waals surface area contributed by atoms with Gasteiger partial charge in [-0.2, -0.15) is 0 Å². The minimum Gasteiger partial charge on any atom is -0.494 e. The fourth-order valence-corrected chi connectivity index (χ4v) is 4.49. The molecule has 0 radical (unpaired) electrons. The summed E-state index contributed by atoms with van der Waals surface area (Å²) in [5.41, 5.74) is 1.41. The van der Waals surface area contributed by atoms with E-state index in [9.17, 15) is 9.59 Å². The molecule has 1 aromatic rings. The molecule has 7 nitrogen and oxygen atoms in total. The molecule has 1 spiro atoms. The van der Waals surface area contributed by atoms with Crippen molar-refractivity contribution in [1.29, 1.82) is 0 Å². The van der Waals surface area contributed by atoms with E-state index in [1.165, 1.54) is 0 Å². The van der Waals surface area contributed by atoms with Crippen LogP contribution in [-0.2, 0) is 24.5 Å². The van der Waals surface area contributed by atoms with Gasteiger partial charge in [-0.3, -0.25) is 9.59 Å². The van der Waals surface area contributed by atoms with Crippen LogP contribution in [-0.4, -0.2) is 62.3 Å². The summed E-state index contributed by atoms with van der Waals surface area (Å²) in [4.78, 5) is 26.9. The number of rotatable bonds is 5. The molecular formula is C21H28N2O5. The molecule has 7 heteroatoms. The predicted molar refractivity (Wildman–Crippen MR) is 104 cm³/mol. The van der Waals surface area contributed by atoms with E-state index >= 15 is 0 Å². The molecule has 1 saturated heterocycles. The van der Waals surface area contributed by atoms with E-state index in [2.05, 4.69) is 5.32 Å². The lowest BCUT2D eigenvalue weighted by atomic mass is 9.69. The van der Waals surface area contributed by atoms with Gasteiger partial charge >= 0.3 is 0 Å². The maximum Gasteiger partial charge on any atom is 0.248 e. The van der Waals surface area contributed by atoms with Gasteiger partial charge in [0.2, 0.25) is 11.8 Å². The van der Waals surface area contributed by atoms with Gasteiger partial charge in [-0.25, -0.2) is 0 Å². The van der Waals surface area contributed by atoms with Crippen LogP contribution >= 0.6 is 0 Å². The first kappa shape index (κ1) is 19.2. The van der Waals surface area contributed by atoms with Crippen molar-refractivity contribution in [1.82, 2.24) is 4.90 Å². The number of carbonyl (C=O) groups excluding carboxylic acids is 2. The van der Waals surface area contributed by atoms with Crippen LogP contribution in [0.15, 0.2) is 18.2 Å². The summed E-state index contributed by atoms with van der Waals surface area (Å²) in [6.07, 6.45) is 2.99. The summed E-state index contributed by atoms with van der Waals surface area (Å²) >= 11 is 0. The number of fused-ring (bicyclic) bond motifs is 2. The molecule has 2 amide bonds. The Labute approximate surface area is 165 Å². The fraction of sp³-hybridized carbons (Fsp3) is 0.619. The summed E-state index contributed by atoms with van der Waals surface area (Å²) < 4.78 is 16.8. The van der Waals surface area contributed by atoms with Gasteiger partial charge in [0, 0.05) is 18.8 Å². The van der Waals surface area contributed by atoms with Crippen molar-refractivity contribution >= 4 is 17.5 Å². The molecule has 2 aliphatic heterocycles. The SMILES string of the molecule is CCOc1ccc2c(c1)C1(CCC(OCC(=O)N3CCOCC3)CC1)C(=O)N2. The Kier molecular flexibility index (Phi) is 5.55. The number of carbonyl (C=O) groups is 2. The summed E-state index contributed by atoms with van der Waals surface area (Å²) in [5, 5.41) is 3.03. The molecule has 4 rings (SSSR count).